The highest BCUT2D eigenvalue weighted by Gasteiger charge is 2.14. The third-order valence-corrected chi connectivity index (χ3v) is 3.00. The molecule has 1 atom stereocenters. The molecule has 1 aromatic carbocycles. The summed E-state index contributed by atoms with van der Waals surface area (Å²) in [6.45, 7) is 0.609. The molecule has 15 heavy (non-hydrogen) atoms. The molecule has 3 nitrogen and oxygen atoms in total. The third-order valence-electron chi connectivity index (χ3n) is 2.17. The molecule has 0 heterocycles. The van der Waals surface area contributed by atoms with Crippen LogP contribution in [0, 0.1) is 0 Å². The summed E-state index contributed by atoms with van der Waals surface area (Å²) in [6, 6.07) is 5.45. The summed E-state index contributed by atoms with van der Waals surface area (Å²) >= 11 is 12.0. The fraction of sp³-hybridized carbons (Fsp3) is 0.400. The fourth-order valence-electron chi connectivity index (χ4n) is 1.35. The molecule has 1 rings (SSSR count). The van der Waals surface area contributed by atoms with Gasteiger partial charge in [-0.1, -0.05) is 35.3 Å². The van der Waals surface area contributed by atoms with Crippen molar-refractivity contribution in [2.45, 2.75) is 12.5 Å². The van der Waals surface area contributed by atoms with E-state index in [1.54, 1.807) is 13.2 Å². The Morgan fingerprint density at radius 3 is 2.80 bits per heavy atom. The van der Waals surface area contributed by atoms with Crippen LogP contribution in [0.2, 0.25) is 10.0 Å². The van der Waals surface area contributed by atoms with Gasteiger partial charge in [0.15, 0.2) is 0 Å². The van der Waals surface area contributed by atoms with E-state index in [2.05, 4.69) is 5.43 Å². The number of methoxy groups -OCH3 is 1. The van der Waals surface area contributed by atoms with Crippen LogP contribution in [0.15, 0.2) is 18.2 Å². The van der Waals surface area contributed by atoms with Gasteiger partial charge in [0.1, 0.15) is 0 Å². The molecule has 0 saturated carbocycles. The van der Waals surface area contributed by atoms with Gasteiger partial charge in [0.05, 0.1) is 10.0 Å². The largest absolute Gasteiger partial charge is 0.385 e. The average Bonchev–Trinajstić information content (AvgIpc) is 2.25. The molecule has 3 N–H and O–H groups in total. The number of ether oxygens (including phenoxy) is 1. The van der Waals surface area contributed by atoms with Gasteiger partial charge in [0.25, 0.3) is 0 Å². The first-order valence-electron chi connectivity index (χ1n) is 4.59. The Morgan fingerprint density at radius 2 is 2.20 bits per heavy atom. The maximum atomic E-state index is 6.08. The van der Waals surface area contributed by atoms with E-state index < -0.39 is 0 Å². The SMILES string of the molecule is COCCC(NN)c1cccc(Cl)c1Cl. The fourth-order valence-corrected chi connectivity index (χ4v) is 1.79. The standard InChI is InChI=1S/C10H14Cl2N2O/c1-15-6-5-9(14-13)7-3-2-4-8(11)10(7)12/h2-4,9,14H,5-6,13H2,1H3. The minimum absolute atomic E-state index is 0.0452. The van der Waals surface area contributed by atoms with E-state index >= 15 is 0 Å². The molecule has 0 aliphatic rings. The summed E-state index contributed by atoms with van der Waals surface area (Å²) in [5, 5.41) is 1.07. The predicted octanol–water partition coefficient (Wildman–Crippen LogP) is 2.53. The Kier molecular flexibility index (Phi) is 5.36. The average molecular weight is 249 g/mol. The second-order valence-corrected chi connectivity index (χ2v) is 3.93. The number of nitrogens with one attached hydrogen (secondary N) is 1. The van der Waals surface area contributed by atoms with Gasteiger partial charge in [-0.3, -0.25) is 11.3 Å². The lowest BCUT2D eigenvalue weighted by Gasteiger charge is -2.17. The Morgan fingerprint density at radius 1 is 1.47 bits per heavy atom. The van der Waals surface area contributed by atoms with Crippen LogP contribution in [0.1, 0.15) is 18.0 Å². The smallest absolute Gasteiger partial charge is 0.0640 e. The van der Waals surface area contributed by atoms with E-state index in [1.807, 2.05) is 12.1 Å². The lowest BCUT2D eigenvalue weighted by Crippen LogP contribution is -2.29. The molecule has 5 heteroatoms. The van der Waals surface area contributed by atoms with Gasteiger partial charge < -0.3 is 4.74 Å². The van der Waals surface area contributed by atoms with E-state index in [0.717, 1.165) is 12.0 Å². The van der Waals surface area contributed by atoms with Gasteiger partial charge in [-0.2, -0.15) is 0 Å². The van der Waals surface area contributed by atoms with Crippen LogP contribution in [0.4, 0.5) is 0 Å². The van der Waals surface area contributed by atoms with Crippen LogP contribution in [0.3, 0.4) is 0 Å². The van der Waals surface area contributed by atoms with Crippen molar-refractivity contribution in [2.75, 3.05) is 13.7 Å². The monoisotopic (exact) mass is 248 g/mol. The number of rotatable bonds is 5. The van der Waals surface area contributed by atoms with Crippen molar-refractivity contribution in [1.82, 2.24) is 5.43 Å². The van der Waals surface area contributed by atoms with Crippen molar-refractivity contribution in [3.05, 3.63) is 33.8 Å². The van der Waals surface area contributed by atoms with Gasteiger partial charge in [-0.25, -0.2) is 0 Å². The number of benzene rings is 1. The number of hydrogen-bond donors (Lipinski definition) is 2. The summed E-state index contributed by atoms with van der Waals surface area (Å²) in [6.07, 6.45) is 0.743. The van der Waals surface area contributed by atoms with Crippen LogP contribution in [-0.2, 0) is 4.74 Å². The summed E-state index contributed by atoms with van der Waals surface area (Å²) in [5.41, 5.74) is 3.59. The summed E-state index contributed by atoms with van der Waals surface area (Å²) < 4.78 is 4.99. The quantitative estimate of drug-likeness (QED) is 0.622. The molecule has 0 aromatic heterocycles. The molecule has 0 amide bonds. The minimum atomic E-state index is -0.0452. The van der Waals surface area contributed by atoms with Gasteiger partial charge >= 0.3 is 0 Å². The highest BCUT2D eigenvalue weighted by molar-refractivity contribution is 6.42. The Hall–Kier alpha value is -0.320. The predicted molar refractivity (Wildman–Crippen MR) is 63.0 cm³/mol. The first kappa shape index (κ1) is 12.7. The van der Waals surface area contributed by atoms with E-state index in [-0.39, 0.29) is 6.04 Å². The molecule has 1 unspecified atom stereocenters. The first-order chi connectivity index (χ1) is 7.20. The maximum absolute atomic E-state index is 6.08. The van der Waals surface area contributed by atoms with E-state index in [1.165, 1.54) is 0 Å². The number of nitrogens with two attached hydrogens (primary N) is 1. The van der Waals surface area contributed by atoms with Crippen molar-refractivity contribution in [3.8, 4) is 0 Å². The molecular formula is C10H14Cl2N2O. The lowest BCUT2D eigenvalue weighted by molar-refractivity contribution is 0.183. The second kappa shape index (κ2) is 6.30. The van der Waals surface area contributed by atoms with Gasteiger partial charge in [-0.05, 0) is 18.1 Å². The van der Waals surface area contributed by atoms with Crippen molar-refractivity contribution in [1.29, 1.82) is 0 Å². The molecule has 0 spiro atoms. The third kappa shape index (κ3) is 3.33. The molecular weight excluding hydrogens is 235 g/mol. The van der Waals surface area contributed by atoms with Crippen LogP contribution in [-0.4, -0.2) is 13.7 Å². The zero-order valence-electron chi connectivity index (χ0n) is 8.47. The molecule has 0 saturated heterocycles. The van der Waals surface area contributed by atoms with Gasteiger partial charge in [-0.15, -0.1) is 0 Å². The maximum Gasteiger partial charge on any atom is 0.0640 e. The molecule has 0 radical (unpaired) electrons. The topological polar surface area (TPSA) is 47.3 Å². The Balaban J connectivity index is 2.86. The van der Waals surface area contributed by atoms with Crippen LogP contribution >= 0.6 is 23.2 Å². The van der Waals surface area contributed by atoms with Crippen molar-refractivity contribution >= 4 is 23.2 Å². The first-order valence-corrected chi connectivity index (χ1v) is 5.35. The Bertz CT molecular complexity index is 320. The van der Waals surface area contributed by atoms with E-state index in [0.29, 0.717) is 16.7 Å². The zero-order chi connectivity index (χ0) is 11.3. The highest BCUT2D eigenvalue weighted by Crippen LogP contribution is 2.30. The van der Waals surface area contributed by atoms with Crippen LogP contribution in [0.5, 0.6) is 0 Å². The highest BCUT2D eigenvalue weighted by atomic mass is 35.5. The van der Waals surface area contributed by atoms with Crippen molar-refractivity contribution in [2.24, 2.45) is 5.84 Å². The summed E-state index contributed by atoms with van der Waals surface area (Å²) in [4.78, 5) is 0. The van der Waals surface area contributed by atoms with Crippen molar-refractivity contribution in [3.63, 3.8) is 0 Å². The number of halogens is 2. The van der Waals surface area contributed by atoms with Crippen molar-refractivity contribution < 1.29 is 4.74 Å². The molecule has 0 bridgehead atoms. The normalized spacial score (nSPS) is 12.8. The summed E-state index contributed by atoms with van der Waals surface area (Å²) in [5.74, 6) is 5.46. The van der Waals surface area contributed by atoms with E-state index in [4.69, 9.17) is 33.8 Å². The summed E-state index contributed by atoms with van der Waals surface area (Å²) in [7, 11) is 1.65. The molecule has 0 aliphatic heterocycles. The van der Waals surface area contributed by atoms with E-state index in [9.17, 15) is 0 Å². The number of hydrazine groups is 1. The molecule has 1 aromatic rings. The molecule has 0 aliphatic carbocycles. The molecule has 84 valence electrons. The minimum Gasteiger partial charge on any atom is -0.385 e. The van der Waals surface area contributed by atoms with Crippen LogP contribution in [0.25, 0.3) is 0 Å². The molecule has 0 fully saturated rings. The zero-order valence-corrected chi connectivity index (χ0v) is 9.98. The Labute approximate surface area is 99.5 Å². The van der Waals surface area contributed by atoms with Gasteiger partial charge in [0, 0.05) is 19.8 Å². The number of hydrogen-bond acceptors (Lipinski definition) is 3. The lowest BCUT2D eigenvalue weighted by atomic mass is 10.0. The second-order valence-electron chi connectivity index (χ2n) is 3.14. The van der Waals surface area contributed by atoms with Gasteiger partial charge in [0.2, 0.25) is 0 Å². The van der Waals surface area contributed by atoms with Crippen LogP contribution < -0.4 is 11.3 Å².